The quantitative estimate of drug-likeness (QED) is 0.445. The van der Waals surface area contributed by atoms with E-state index in [9.17, 15) is 9.59 Å². The average molecular weight is 477 g/mol. The molecular formula is C28H32N2O5. The Bertz CT molecular complexity index is 1130. The fourth-order valence-electron chi connectivity index (χ4n) is 4.55. The molecule has 35 heavy (non-hydrogen) atoms. The molecule has 0 aliphatic heterocycles. The molecule has 4 rings (SSSR count). The maximum atomic E-state index is 13.9. The van der Waals surface area contributed by atoms with Gasteiger partial charge in [0, 0.05) is 6.04 Å². The van der Waals surface area contributed by atoms with Crippen molar-refractivity contribution in [3.63, 3.8) is 0 Å². The number of anilines is 1. The van der Waals surface area contributed by atoms with Crippen LogP contribution in [0.25, 0.3) is 0 Å². The molecule has 1 aromatic heterocycles. The van der Waals surface area contributed by atoms with Crippen molar-refractivity contribution in [2.45, 2.75) is 51.6 Å². The van der Waals surface area contributed by atoms with Crippen molar-refractivity contribution in [2.75, 3.05) is 18.6 Å². The molecule has 7 heteroatoms. The van der Waals surface area contributed by atoms with E-state index in [0.29, 0.717) is 29.4 Å². The Morgan fingerprint density at radius 1 is 1.11 bits per heavy atom. The highest BCUT2D eigenvalue weighted by Gasteiger charge is 2.37. The fourth-order valence-corrected chi connectivity index (χ4v) is 4.55. The van der Waals surface area contributed by atoms with Crippen LogP contribution in [0.15, 0.2) is 65.3 Å². The lowest BCUT2D eigenvalue weighted by Gasteiger charge is -2.33. The molecule has 1 N–H and O–H groups in total. The molecule has 0 spiro atoms. The molecule has 1 saturated carbocycles. The molecule has 0 radical (unpaired) electrons. The summed E-state index contributed by atoms with van der Waals surface area (Å²) in [6.45, 7) is 4.39. The van der Waals surface area contributed by atoms with Gasteiger partial charge in [0.1, 0.15) is 17.5 Å². The summed E-state index contributed by atoms with van der Waals surface area (Å²) in [4.78, 5) is 29.2. The first-order chi connectivity index (χ1) is 17.0. The van der Waals surface area contributed by atoms with Crippen LogP contribution >= 0.6 is 0 Å². The minimum Gasteiger partial charge on any atom is -0.495 e. The van der Waals surface area contributed by atoms with Crippen molar-refractivity contribution in [3.05, 3.63) is 77.7 Å². The highest BCUT2D eigenvalue weighted by Crippen LogP contribution is 2.37. The van der Waals surface area contributed by atoms with Gasteiger partial charge in [-0.15, -0.1) is 0 Å². The average Bonchev–Trinajstić information content (AvgIpc) is 3.58. The van der Waals surface area contributed by atoms with Gasteiger partial charge in [0.05, 0.1) is 25.7 Å². The molecule has 184 valence electrons. The van der Waals surface area contributed by atoms with Gasteiger partial charge < -0.3 is 19.2 Å². The zero-order chi connectivity index (χ0) is 24.8. The van der Waals surface area contributed by atoms with Gasteiger partial charge in [-0.2, -0.15) is 0 Å². The molecule has 2 amide bonds. The first kappa shape index (κ1) is 24.4. The van der Waals surface area contributed by atoms with E-state index in [1.54, 1.807) is 25.3 Å². The summed E-state index contributed by atoms with van der Waals surface area (Å²) in [7, 11) is 1.55. The van der Waals surface area contributed by atoms with Crippen LogP contribution in [-0.4, -0.2) is 31.6 Å². The zero-order valence-electron chi connectivity index (χ0n) is 20.5. The van der Waals surface area contributed by atoms with E-state index in [1.165, 1.54) is 11.2 Å². The number of rotatable bonds is 9. The number of methoxy groups -OCH3 is 1. The Hall–Kier alpha value is -3.74. The van der Waals surface area contributed by atoms with Gasteiger partial charge in [-0.05, 0) is 74.2 Å². The number of nitrogens with one attached hydrogen (secondary N) is 1. The van der Waals surface area contributed by atoms with Crippen molar-refractivity contribution in [1.82, 2.24) is 5.32 Å². The normalized spacial score (nSPS) is 14.4. The number of ether oxygens (including phenoxy) is 2. The molecular weight excluding hydrogens is 444 g/mol. The number of benzene rings is 2. The smallest absolute Gasteiger partial charge is 0.295 e. The Morgan fingerprint density at radius 3 is 2.49 bits per heavy atom. The third-order valence-electron chi connectivity index (χ3n) is 6.26. The summed E-state index contributed by atoms with van der Waals surface area (Å²) >= 11 is 0. The molecule has 1 atom stereocenters. The molecule has 0 saturated heterocycles. The van der Waals surface area contributed by atoms with Crippen LogP contribution in [0.5, 0.6) is 11.5 Å². The summed E-state index contributed by atoms with van der Waals surface area (Å²) < 4.78 is 16.7. The third-order valence-corrected chi connectivity index (χ3v) is 6.26. The van der Waals surface area contributed by atoms with Gasteiger partial charge in [0.2, 0.25) is 5.91 Å². The predicted molar refractivity (Wildman–Crippen MR) is 134 cm³/mol. The highest BCUT2D eigenvalue weighted by molar-refractivity contribution is 6.09. The second kappa shape index (κ2) is 11.1. The molecule has 3 aromatic rings. The molecule has 0 bridgehead atoms. The van der Waals surface area contributed by atoms with Crippen LogP contribution in [0.2, 0.25) is 0 Å². The van der Waals surface area contributed by atoms with Gasteiger partial charge in [-0.3, -0.25) is 14.5 Å². The van der Waals surface area contributed by atoms with E-state index in [0.717, 1.165) is 31.2 Å². The number of hydrogen-bond donors (Lipinski definition) is 1. The molecule has 1 fully saturated rings. The minimum absolute atomic E-state index is 0.0904. The second-order valence-corrected chi connectivity index (χ2v) is 8.72. The lowest BCUT2D eigenvalue weighted by molar-refractivity contribution is -0.123. The Morgan fingerprint density at radius 2 is 1.86 bits per heavy atom. The molecule has 0 unspecified atom stereocenters. The van der Waals surface area contributed by atoms with E-state index >= 15 is 0 Å². The summed E-state index contributed by atoms with van der Waals surface area (Å²) in [5, 5.41) is 3.18. The standard InChI is InChI=1S/C28H32N2O5/c1-4-34-22-14-12-20(13-15-22)26(27(31)29-21-8-5-6-9-21)30(28(32)25-10-7-17-35-25)23-18-19(2)11-16-24(23)33-3/h7,10-18,21,26H,4-6,8-9H2,1-3H3,(H,29,31)/t26-/m1/s1. The Labute approximate surface area is 206 Å². The summed E-state index contributed by atoms with van der Waals surface area (Å²) in [5.74, 6) is 0.644. The maximum absolute atomic E-state index is 13.9. The van der Waals surface area contributed by atoms with Crippen LogP contribution < -0.4 is 19.7 Å². The van der Waals surface area contributed by atoms with E-state index < -0.39 is 11.9 Å². The van der Waals surface area contributed by atoms with Crippen LogP contribution in [0.4, 0.5) is 5.69 Å². The summed E-state index contributed by atoms with van der Waals surface area (Å²) in [6.07, 6.45) is 5.48. The fraction of sp³-hybridized carbons (Fsp3) is 0.357. The number of carbonyl (C=O) groups is 2. The zero-order valence-corrected chi connectivity index (χ0v) is 20.5. The summed E-state index contributed by atoms with van der Waals surface area (Å²) in [6, 6.07) is 15.3. The number of furan rings is 1. The molecule has 2 aromatic carbocycles. The lowest BCUT2D eigenvalue weighted by Crippen LogP contribution is -2.46. The van der Waals surface area contributed by atoms with E-state index in [1.807, 2.05) is 50.2 Å². The van der Waals surface area contributed by atoms with Crippen molar-refractivity contribution < 1.29 is 23.5 Å². The van der Waals surface area contributed by atoms with Gasteiger partial charge in [-0.25, -0.2) is 0 Å². The van der Waals surface area contributed by atoms with Crippen molar-refractivity contribution in [3.8, 4) is 11.5 Å². The van der Waals surface area contributed by atoms with Crippen LogP contribution in [0.1, 0.15) is 60.3 Å². The SMILES string of the molecule is CCOc1ccc([C@H](C(=O)NC2CCCC2)N(C(=O)c2ccco2)c2cc(C)ccc2OC)cc1. The van der Waals surface area contributed by atoms with Gasteiger partial charge in [-0.1, -0.05) is 31.0 Å². The lowest BCUT2D eigenvalue weighted by atomic mass is 10.0. The maximum Gasteiger partial charge on any atom is 0.295 e. The van der Waals surface area contributed by atoms with Crippen molar-refractivity contribution >= 4 is 17.5 Å². The van der Waals surface area contributed by atoms with Crippen LogP contribution in [0.3, 0.4) is 0 Å². The highest BCUT2D eigenvalue weighted by atomic mass is 16.5. The minimum atomic E-state index is -0.945. The third kappa shape index (κ3) is 5.50. The second-order valence-electron chi connectivity index (χ2n) is 8.72. The van der Waals surface area contributed by atoms with Crippen molar-refractivity contribution in [2.24, 2.45) is 0 Å². The van der Waals surface area contributed by atoms with Crippen molar-refractivity contribution in [1.29, 1.82) is 0 Å². The van der Waals surface area contributed by atoms with Crippen LogP contribution in [0, 0.1) is 6.92 Å². The Kier molecular flexibility index (Phi) is 7.75. The van der Waals surface area contributed by atoms with Gasteiger partial charge in [0.25, 0.3) is 5.91 Å². The number of amides is 2. The van der Waals surface area contributed by atoms with Gasteiger partial charge >= 0.3 is 0 Å². The number of nitrogens with zero attached hydrogens (tertiary/aromatic N) is 1. The molecule has 1 aliphatic carbocycles. The van der Waals surface area contributed by atoms with E-state index in [4.69, 9.17) is 13.9 Å². The first-order valence-electron chi connectivity index (χ1n) is 12.1. The number of aryl methyl sites for hydroxylation is 1. The Balaban J connectivity index is 1.85. The number of hydrogen-bond acceptors (Lipinski definition) is 5. The predicted octanol–water partition coefficient (Wildman–Crippen LogP) is 5.44. The van der Waals surface area contributed by atoms with Crippen LogP contribution in [-0.2, 0) is 4.79 Å². The van der Waals surface area contributed by atoms with E-state index in [2.05, 4.69) is 5.32 Å². The van der Waals surface area contributed by atoms with E-state index in [-0.39, 0.29) is 17.7 Å². The topological polar surface area (TPSA) is 81.0 Å². The molecule has 1 heterocycles. The molecule has 1 aliphatic rings. The largest absolute Gasteiger partial charge is 0.495 e. The van der Waals surface area contributed by atoms with Gasteiger partial charge in [0.15, 0.2) is 5.76 Å². The number of carbonyl (C=O) groups excluding carboxylic acids is 2. The monoisotopic (exact) mass is 476 g/mol. The molecule has 7 nitrogen and oxygen atoms in total. The first-order valence-corrected chi connectivity index (χ1v) is 12.1. The summed E-state index contributed by atoms with van der Waals surface area (Å²) in [5.41, 5.74) is 2.08.